The van der Waals surface area contributed by atoms with Crippen molar-refractivity contribution in [2.24, 2.45) is 4.99 Å². The molecule has 0 aliphatic heterocycles. The van der Waals surface area contributed by atoms with E-state index >= 15 is 0 Å². The Kier molecular flexibility index (Phi) is 6.62. The third-order valence-corrected chi connectivity index (χ3v) is 4.31. The lowest BCUT2D eigenvalue weighted by Gasteiger charge is -2.22. The number of hydrogen-bond acceptors (Lipinski definition) is 4. The standard InChI is InChI=1S/C25H27N3O2/c1-18(27-24(29)30-25(2,3)4)21-15-22(17-26-16-21)28-23(19-11-7-5-8-12-19)20-13-9-6-10-14-20/h5-18H,1-4H3,(H,27,29). The zero-order valence-electron chi connectivity index (χ0n) is 17.8. The molecule has 5 nitrogen and oxygen atoms in total. The van der Waals surface area contributed by atoms with E-state index in [1.54, 1.807) is 12.4 Å². The van der Waals surface area contributed by atoms with Crippen LogP contribution in [0.4, 0.5) is 10.5 Å². The molecule has 0 fully saturated rings. The quantitative estimate of drug-likeness (QED) is 0.547. The molecule has 1 unspecified atom stereocenters. The van der Waals surface area contributed by atoms with Crippen LogP contribution in [-0.2, 0) is 4.74 Å². The van der Waals surface area contributed by atoms with Crippen molar-refractivity contribution in [2.75, 3.05) is 0 Å². The van der Waals surface area contributed by atoms with Crippen LogP contribution < -0.4 is 5.32 Å². The molecule has 5 heteroatoms. The largest absolute Gasteiger partial charge is 0.444 e. The van der Waals surface area contributed by atoms with Gasteiger partial charge in [0.2, 0.25) is 0 Å². The topological polar surface area (TPSA) is 63.6 Å². The molecule has 0 saturated carbocycles. The molecule has 1 aromatic heterocycles. The highest BCUT2D eigenvalue weighted by atomic mass is 16.6. The highest BCUT2D eigenvalue weighted by Crippen LogP contribution is 2.22. The number of nitrogens with one attached hydrogen (secondary N) is 1. The van der Waals surface area contributed by atoms with Crippen LogP contribution in [0.5, 0.6) is 0 Å². The fraction of sp³-hybridized carbons (Fsp3) is 0.240. The first kappa shape index (κ1) is 21.2. The molecule has 0 aliphatic carbocycles. The van der Waals surface area contributed by atoms with Crippen LogP contribution in [0.15, 0.2) is 84.1 Å². The van der Waals surface area contributed by atoms with E-state index in [2.05, 4.69) is 10.3 Å². The van der Waals surface area contributed by atoms with E-state index in [1.165, 1.54) is 0 Å². The Bertz CT molecular complexity index is 968. The SMILES string of the molecule is CC(NC(=O)OC(C)(C)C)c1cncc(N=C(c2ccccc2)c2ccccc2)c1. The summed E-state index contributed by atoms with van der Waals surface area (Å²) in [4.78, 5) is 21.3. The van der Waals surface area contributed by atoms with Crippen molar-refractivity contribution in [3.05, 3.63) is 95.8 Å². The monoisotopic (exact) mass is 401 g/mol. The Morgan fingerprint density at radius 1 is 0.967 bits per heavy atom. The molecule has 1 N–H and O–H groups in total. The lowest BCUT2D eigenvalue weighted by Crippen LogP contribution is -2.34. The molecule has 1 atom stereocenters. The average Bonchev–Trinajstić information content (AvgIpc) is 2.72. The molecule has 0 aliphatic rings. The van der Waals surface area contributed by atoms with E-state index in [9.17, 15) is 4.79 Å². The molecule has 1 heterocycles. The zero-order chi connectivity index (χ0) is 21.6. The van der Waals surface area contributed by atoms with E-state index in [0.29, 0.717) is 5.69 Å². The molecule has 1 amide bonds. The lowest BCUT2D eigenvalue weighted by molar-refractivity contribution is 0.0508. The number of benzene rings is 2. The smallest absolute Gasteiger partial charge is 0.408 e. The van der Waals surface area contributed by atoms with Crippen molar-refractivity contribution >= 4 is 17.5 Å². The molecule has 0 spiro atoms. The Morgan fingerprint density at radius 2 is 1.53 bits per heavy atom. The summed E-state index contributed by atoms with van der Waals surface area (Å²) in [6.07, 6.45) is 2.99. The van der Waals surface area contributed by atoms with Crippen LogP contribution in [-0.4, -0.2) is 22.4 Å². The fourth-order valence-electron chi connectivity index (χ4n) is 2.93. The highest BCUT2D eigenvalue weighted by Gasteiger charge is 2.18. The van der Waals surface area contributed by atoms with Crippen LogP contribution in [0.25, 0.3) is 0 Å². The minimum Gasteiger partial charge on any atom is -0.444 e. The number of carbonyl (C=O) groups is 1. The highest BCUT2D eigenvalue weighted by molar-refractivity contribution is 6.13. The van der Waals surface area contributed by atoms with Gasteiger partial charge in [0.1, 0.15) is 5.60 Å². The molecule has 0 radical (unpaired) electrons. The van der Waals surface area contributed by atoms with Crippen molar-refractivity contribution < 1.29 is 9.53 Å². The van der Waals surface area contributed by atoms with Crippen molar-refractivity contribution in [1.82, 2.24) is 10.3 Å². The number of amides is 1. The fourth-order valence-corrected chi connectivity index (χ4v) is 2.93. The molecular weight excluding hydrogens is 374 g/mol. The van der Waals surface area contributed by atoms with E-state index in [-0.39, 0.29) is 6.04 Å². The number of aromatic nitrogens is 1. The van der Waals surface area contributed by atoms with Gasteiger partial charge in [-0.15, -0.1) is 0 Å². The molecule has 0 bridgehead atoms. The first-order valence-electron chi connectivity index (χ1n) is 9.96. The molecule has 154 valence electrons. The number of rotatable bonds is 5. The Labute approximate surface area is 177 Å². The van der Waals surface area contributed by atoms with Crippen LogP contribution in [0.3, 0.4) is 0 Å². The van der Waals surface area contributed by atoms with Gasteiger partial charge >= 0.3 is 6.09 Å². The molecule has 3 aromatic rings. The maximum Gasteiger partial charge on any atom is 0.408 e. The number of aliphatic imine (C=N–C) groups is 1. The lowest BCUT2D eigenvalue weighted by atomic mass is 10.0. The van der Waals surface area contributed by atoms with Crippen molar-refractivity contribution in [2.45, 2.75) is 39.3 Å². The Morgan fingerprint density at radius 3 is 2.07 bits per heavy atom. The maximum absolute atomic E-state index is 12.1. The summed E-state index contributed by atoms with van der Waals surface area (Å²) in [5.41, 5.74) is 3.93. The van der Waals surface area contributed by atoms with Crippen molar-refractivity contribution in [3.63, 3.8) is 0 Å². The van der Waals surface area contributed by atoms with Crippen LogP contribution in [0, 0.1) is 0 Å². The predicted octanol–water partition coefficient (Wildman–Crippen LogP) is 5.84. The van der Waals surface area contributed by atoms with E-state index in [0.717, 1.165) is 22.4 Å². The van der Waals surface area contributed by atoms with Crippen molar-refractivity contribution in [3.8, 4) is 0 Å². The van der Waals surface area contributed by atoms with Gasteiger partial charge in [-0.2, -0.15) is 0 Å². The van der Waals surface area contributed by atoms with Gasteiger partial charge in [-0.25, -0.2) is 9.79 Å². The summed E-state index contributed by atoms with van der Waals surface area (Å²) in [7, 11) is 0. The molecule has 0 saturated heterocycles. The number of alkyl carbamates (subject to hydrolysis) is 1. The minimum atomic E-state index is -0.547. The third kappa shape index (κ3) is 6.01. The van der Waals surface area contributed by atoms with E-state index < -0.39 is 11.7 Å². The van der Waals surface area contributed by atoms with Gasteiger partial charge < -0.3 is 10.1 Å². The Balaban J connectivity index is 1.89. The second-order valence-corrected chi connectivity index (χ2v) is 8.04. The number of hydrogen-bond donors (Lipinski definition) is 1. The average molecular weight is 402 g/mol. The second-order valence-electron chi connectivity index (χ2n) is 8.04. The van der Waals surface area contributed by atoms with Gasteiger partial charge in [-0.05, 0) is 39.3 Å². The van der Waals surface area contributed by atoms with E-state index in [4.69, 9.17) is 9.73 Å². The zero-order valence-corrected chi connectivity index (χ0v) is 17.8. The number of pyridine rings is 1. The minimum absolute atomic E-state index is 0.264. The van der Waals surface area contributed by atoms with Gasteiger partial charge in [0.05, 0.1) is 23.6 Å². The number of ether oxygens (including phenoxy) is 1. The number of nitrogens with zero attached hydrogens (tertiary/aromatic N) is 2. The summed E-state index contributed by atoms with van der Waals surface area (Å²) < 4.78 is 5.34. The summed E-state index contributed by atoms with van der Waals surface area (Å²) in [6, 6.07) is 21.8. The first-order chi connectivity index (χ1) is 14.3. The van der Waals surface area contributed by atoms with Gasteiger partial charge in [0, 0.05) is 17.3 Å². The molecular formula is C25H27N3O2. The summed E-state index contributed by atoms with van der Waals surface area (Å²) in [5.74, 6) is 0. The van der Waals surface area contributed by atoms with Crippen LogP contribution >= 0.6 is 0 Å². The first-order valence-corrected chi connectivity index (χ1v) is 9.96. The number of carbonyl (C=O) groups excluding carboxylic acids is 1. The predicted molar refractivity (Wildman–Crippen MR) is 120 cm³/mol. The summed E-state index contributed by atoms with van der Waals surface area (Å²) >= 11 is 0. The second kappa shape index (κ2) is 9.35. The Hall–Kier alpha value is -3.47. The third-order valence-electron chi connectivity index (χ3n) is 4.31. The summed E-state index contributed by atoms with van der Waals surface area (Å²) in [6.45, 7) is 7.40. The molecule has 3 rings (SSSR count). The molecule has 2 aromatic carbocycles. The van der Waals surface area contributed by atoms with Gasteiger partial charge in [-0.3, -0.25) is 4.98 Å². The van der Waals surface area contributed by atoms with Crippen molar-refractivity contribution in [1.29, 1.82) is 0 Å². The normalized spacial score (nSPS) is 12.0. The summed E-state index contributed by atoms with van der Waals surface area (Å²) in [5, 5.41) is 2.85. The van der Waals surface area contributed by atoms with Crippen LogP contribution in [0.1, 0.15) is 50.4 Å². The van der Waals surface area contributed by atoms with Crippen LogP contribution in [0.2, 0.25) is 0 Å². The van der Waals surface area contributed by atoms with Gasteiger partial charge in [0.15, 0.2) is 0 Å². The van der Waals surface area contributed by atoms with Gasteiger partial charge in [-0.1, -0.05) is 60.7 Å². The van der Waals surface area contributed by atoms with E-state index in [1.807, 2.05) is 94.4 Å². The van der Waals surface area contributed by atoms with Gasteiger partial charge in [0.25, 0.3) is 0 Å². The maximum atomic E-state index is 12.1. The molecule has 30 heavy (non-hydrogen) atoms.